The molecule has 4 rings (SSSR count). The summed E-state index contributed by atoms with van der Waals surface area (Å²) in [5.41, 5.74) is 3.13. The fourth-order valence-electron chi connectivity index (χ4n) is 4.73. The third-order valence-corrected chi connectivity index (χ3v) is 6.36. The molecule has 0 spiro atoms. The molecule has 1 aliphatic rings. The highest BCUT2D eigenvalue weighted by Gasteiger charge is 2.28. The Morgan fingerprint density at radius 1 is 0.757 bits per heavy atom. The Morgan fingerprint density at radius 2 is 1.24 bits per heavy atom. The topological polar surface area (TPSA) is 63.3 Å². The summed E-state index contributed by atoms with van der Waals surface area (Å²) in [6, 6.07) is 24.7. The van der Waals surface area contributed by atoms with Crippen molar-refractivity contribution in [1.82, 2.24) is 9.80 Å². The second kappa shape index (κ2) is 13.0. The van der Waals surface area contributed by atoms with Crippen LogP contribution < -0.4 is 19.5 Å². The minimum atomic E-state index is -0.135. The molecule has 3 aromatic carbocycles. The largest absolute Gasteiger partial charge is 0.490 e. The van der Waals surface area contributed by atoms with Crippen molar-refractivity contribution in [2.45, 2.75) is 26.8 Å². The van der Waals surface area contributed by atoms with Gasteiger partial charge in [-0.25, -0.2) is 4.79 Å². The number of urea groups is 1. The smallest absolute Gasteiger partial charge is 0.321 e. The molecule has 3 aromatic rings. The van der Waals surface area contributed by atoms with Gasteiger partial charge in [-0.2, -0.15) is 0 Å². The van der Waals surface area contributed by atoms with Crippen LogP contribution in [0.15, 0.2) is 72.8 Å². The number of carbonyl (C=O) groups excluding carboxylic acids is 1. The quantitative estimate of drug-likeness (QED) is 0.378. The van der Waals surface area contributed by atoms with E-state index in [1.807, 2.05) is 37.8 Å². The lowest BCUT2D eigenvalue weighted by Crippen LogP contribution is -2.51. The number of piperazine rings is 1. The molecule has 1 heterocycles. The molecule has 0 radical (unpaired) electrons. The van der Waals surface area contributed by atoms with Crippen molar-refractivity contribution in [3.63, 3.8) is 0 Å². The highest BCUT2D eigenvalue weighted by atomic mass is 16.5. The average Bonchev–Trinajstić information content (AvgIpc) is 2.93. The van der Waals surface area contributed by atoms with E-state index in [-0.39, 0.29) is 12.1 Å². The lowest BCUT2D eigenvalue weighted by Gasteiger charge is -2.39. The van der Waals surface area contributed by atoms with Crippen molar-refractivity contribution in [3.8, 4) is 17.2 Å². The Balaban J connectivity index is 1.46. The normalized spacial score (nSPS) is 13.9. The number of carbonyl (C=O) groups is 1. The fourth-order valence-corrected chi connectivity index (χ4v) is 4.73. The van der Waals surface area contributed by atoms with Gasteiger partial charge in [0.1, 0.15) is 0 Å². The van der Waals surface area contributed by atoms with E-state index in [0.29, 0.717) is 55.8 Å². The monoisotopic (exact) mass is 503 g/mol. The van der Waals surface area contributed by atoms with Gasteiger partial charge in [0.2, 0.25) is 5.75 Å². The Labute approximate surface area is 219 Å². The Morgan fingerprint density at radius 3 is 1.70 bits per heavy atom. The summed E-state index contributed by atoms with van der Waals surface area (Å²) in [4.78, 5) is 17.5. The molecule has 1 fully saturated rings. The van der Waals surface area contributed by atoms with E-state index in [1.54, 1.807) is 12.1 Å². The van der Waals surface area contributed by atoms with Crippen molar-refractivity contribution < 1.29 is 19.0 Å². The predicted molar refractivity (Wildman–Crippen MR) is 147 cm³/mol. The second-order valence-electron chi connectivity index (χ2n) is 8.78. The first-order chi connectivity index (χ1) is 18.1. The number of benzene rings is 3. The zero-order chi connectivity index (χ0) is 26.0. The number of rotatable bonds is 10. The van der Waals surface area contributed by atoms with Crippen LogP contribution in [0.2, 0.25) is 0 Å². The van der Waals surface area contributed by atoms with Crippen LogP contribution in [0.1, 0.15) is 37.9 Å². The maximum atomic E-state index is 13.2. The Kier molecular flexibility index (Phi) is 9.27. The van der Waals surface area contributed by atoms with Crippen LogP contribution in [0.3, 0.4) is 0 Å². The SMILES string of the molecule is CCOc1cc(NC(=O)N2CCN(C(c3ccccc3)c3ccccc3)CC2)cc(OCC)c1OCC. The molecular weight excluding hydrogens is 466 g/mol. The molecule has 1 N–H and O–H groups in total. The number of hydrogen-bond donors (Lipinski definition) is 1. The van der Waals surface area contributed by atoms with Crippen molar-refractivity contribution in [3.05, 3.63) is 83.9 Å². The van der Waals surface area contributed by atoms with Crippen molar-refractivity contribution >= 4 is 11.7 Å². The van der Waals surface area contributed by atoms with Crippen molar-refractivity contribution in [1.29, 1.82) is 0 Å². The van der Waals surface area contributed by atoms with Gasteiger partial charge in [0, 0.05) is 38.3 Å². The van der Waals surface area contributed by atoms with E-state index < -0.39 is 0 Å². The van der Waals surface area contributed by atoms with Gasteiger partial charge in [0.15, 0.2) is 11.5 Å². The zero-order valence-corrected chi connectivity index (χ0v) is 22.0. The minimum absolute atomic E-state index is 0.135. The Bertz CT molecular complexity index is 1070. The van der Waals surface area contributed by atoms with Gasteiger partial charge in [0.05, 0.1) is 31.5 Å². The molecule has 0 saturated carbocycles. The van der Waals surface area contributed by atoms with Gasteiger partial charge < -0.3 is 24.4 Å². The summed E-state index contributed by atoms with van der Waals surface area (Å²) < 4.78 is 17.4. The van der Waals surface area contributed by atoms with Crippen LogP contribution in [0, 0.1) is 0 Å². The van der Waals surface area contributed by atoms with Crippen LogP contribution in [-0.2, 0) is 0 Å². The molecule has 7 nitrogen and oxygen atoms in total. The van der Waals surface area contributed by atoms with E-state index in [1.165, 1.54) is 11.1 Å². The summed E-state index contributed by atoms with van der Waals surface area (Å²) in [5, 5.41) is 3.04. The summed E-state index contributed by atoms with van der Waals surface area (Å²) in [6.07, 6.45) is 0. The minimum Gasteiger partial charge on any atom is -0.490 e. The summed E-state index contributed by atoms with van der Waals surface area (Å²) in [5.74, 6) is 1.68. The molecule has 37 heavy (non-hydrogen) atoms. The Hall–Kier alpha value is -3.71. The molecule has 0 aromatic heterocycles. The van der Waals surface area contributed by atoms with Gasteiger partial charge in [-0.3, -0.25) is 4.90 Å². The summed E-state index contributed by atoms with van der Waals surface area (Å²) >= 11 is 0. The van der Waals surface area contributed by atoms with Crippen LogP contribution in [-0.4, -0.2) is 61.8 Å². The van der Waals surface area contributed by atoms with Crippen LogP contribution >= 0.6 is 0 Å². The number of nitrogens with zero attached hydrogens (tertiary/aromatic N) is 2. The molecule has 0 aliphatic carbocycles. The second-order valence-corrected chi connectivity index (χ2v) is 8.78. The van der Waals surface area contributed by atoms with E-state index in [2.05, 4.69) is 58.7 Å². The van der Waals surface area contributed by atoms with Crippen molar-refractivity contribution in [2.24, 2.45) is 0 Å². The number of ether oxygens (including phenoxy) is 3. The number of amides is 2. The molecule has 2 amide bonds. The van der Waals surface area contributed by atoms with Gasteiger partial charge >= 0.3 is 6.03 Å². The third-order valence-electron chi connectivity index (χ3n) is 6.36. The molecule has 196 valence electrons. The van der Waals surface area contributed by atoms with Crippen LogP contribution in [0.25, 0.3) is 0 Å². The first kappa shape index (κ1) is 26.4. The standard InChI is InChI=1S/C30H37N3O4/c1-4-35-26-21-25(22-27(36-5-2)29(26)37-6-3)31-30(34)33-19-17-32(18-20-33)28(23-13-9-7-10-14-23)24-15-11-8-12-16-24/h7-16,21-22,28H,4-6,17-20H2,1-3H3,(H,31,34). The van der Waals surface area contributed by atoms with Gasteiger partial charge in [-0.05, 0) is 31.9 Å². The number of hydrogen-bond acceptors (Lipinski definition) is 5. The van der Waals surface area contributed by atoms with E-state index in [4.69, 9.17) is 14.2 Å². The van der Waals surface area contributed by atoms with Gasteiger partial charge in [0.25, 0.3) is 0 Å². The van der Waals surface area contributed by atoms with Crippen LogP contribution in [0.5, 0.6) is 17.2 Å². The summed E-state index contributed by atoms with van der Waals surface area (Å²) in [7, 11) is 0. The molecule has 0 atom stereocenters. The molecule has 1 saturated heterocycles. The first-order valence-electron chi connectivity index (χ1n) is 13.1. The average molecular weight is 504 g/mol. The maximum absolute atomic E-state index is 13.2. The van der Waals surface area contributed by atoms with Crippen molar-refractivity contribution in [2.75, 3.05) is 51.3 Å². The highest BCUT2D eigenvalue weighted by molar-refractivity contribution is 5.90. The lowest BCUT2D eigenvalue weighted by molar-refractivity contribution is 0.126. The maximum Gasteiger partial charge on any atom is 0.321 e. The van der Waals surface area contributed by atoms with Gasteiger partial charge in [-0.15, -0.1) is 0 Å². The van der Waals surface area contributed by atoms with Gasteiger partial charge in [-0.1, -0.05) is 60.7 Å². The number of nitrogens with one attached hydrogen (secondary N) is 1. The van der Waals surface area contributed by atoms with E-state index in [9.17, 15) is 4.79 Å². The zero-order valence-electron chi connectivity index (χ0n) is 22.0. The number of anilines is 1. The molecule has 0 unspecified atom stereocenters. The van der Waals surface area contributed by atoms with Crippen LogP contribution in [0.4, 0.5) is 10.5 Å². The fraction of sp³-hybridized carbons (Fsp3) is 0.367. The summed E-state index contributed by atoms with van der Waals surface area (Å²) in [6.45, 7) is 10.0. The third kappa shape index (κ3) is 6.54. The molecule has 1 aliphatic heterocycles. The highest BCUT2D eigenvalue weighted by Crippen LogP contribution is 2.41. The molecular formula is C30H37N3O4. The predicted octanol–water partition coefficient (Wildman–Crippen LogP) is 5.82. The molecule has 7 heteroatoms. The molecule has 0 bridgehead atoms. The lowest BCUT2D eigenvalue weighted by atomic mass is 9.96. The van der Waals surface area contributed by atoms with E-state index >= 15 is 0 Å². The first-order valence-corrected chi connectivity index (χ1v) is 13.1. The van der Waals surface area contributed by atoms with E-state index in [0.717, 1.165) is 13.1 Å².